The maximum atomic E-state index is 6.17. The molecule has 0 aromatic heterocycles. The van der Waals surface area contributed by atoms with Gasteiger partial charge in [-0.15, -0.1) is 0 Å². The summed E-state index contributed by atoms with van der Waals surface area (Å²) in [6.07, 6.45) is 1.13. The molecule has 2 aromatic rings. The first-order valence-electron chi connectivity index (χ1n) is 8.01. The minimum atomic E-state index is 0.353. The van der Waals surface area contributed by atoms with Crippen LogP contribution in [-0.4, -0.2) is 19.1 Å². The zero-order valence-electron chi connectivity index (χ0n) is 12.9. The highest BCUT2D eigenvalue weighted by atomic mass is 35.5. The van der Waals surface area contributed by atoms with E-state index >= 15 is 0 Å². The molecule has 1 aliphatic heterocycles. The van der Waals surface area contributed by atoms with Crippen molar-refractivity contribution in [3.05, 3.63) is 70.7 Å². The maximum Gasteiger partial charge on any atom is 0.0408 e. The van der Waals surface area contributed by atoms with Gasteiger partial charge in [0.2, 0.25) is 0 Å². The van der Waals surface area contributed by atoms with Crippen LogP contribution in [0.25, 0.3) is 0 Å². The second-order valence-corrected chi connectivity index (χ2v) is 6.50. The van der Waals surface area contributed by atoms with Crippen LogP contribution in [0.3, 0.4) is 0 Å². The van der Waals surface area contributed by atoms with Crippen LogP contribution in [0.15, 0.2) is 54.6 Å². The summed E-state index contributed by atoms with van der Waals surface area (Å²) in [6.45, 7) is 4.31. The van der Waals surface area contributed by atoms with Crippen LogP contribution in [0, 0.1) is 0 Å². The van der Waals surface area contributed by atoms with Gasteiger partial charge in [-0.3, -0.25) is 0 Å². The number of rotatable bonds is 4. The van der Waals surface area contributed by atoms with Gasteiger partial charge in [0, 0.05) is 29.6 Å². The van der Waals surface area contributed by atoms with Crippen molar-refractivity contribution in [2.45, 2.75) is 31.3 Å². The Hall–Kier alpha value is -1.35. The average molecular weight is 315 g/mol. The van der Waals surface area contributed by atoms with Crippen molar-refractivity contribution < 1.29 is 0 Å². The number of piperidine rings is 1. The summed E-state index contributed by atoms with van der Waals surface area (Å²) in [6, 6.07) is 19.7. The molecule has 1 aliphatic rings. The lowest BCUT2D eigenvalue weighted by atomic mass is 9.86. The number of benzene rings is 2. The molecule has 0 saturated carbocycles. The van der Waals surface area contributed by atoms with Gasteiger partial charge in [0.1, 0.15) is 0 Å². The molecule has 3 rings (SSSR count). The Balaban J connectivity index is 1.75. The lowest BCUT2D eigenvalue weighted by molar-refractivity contribution is 0.319. The summed E-state index contributed by atoms with van der Waals surface area (Å²) in [5.41, 5.74) is 2.66. The van der Waals surface area contributed by atoms with E-state index in [1.165, 1.54) is 11.1 Å². The third-order valence-electron chi connectivity index (χ3n) is 4.52. The lowest BCUT2D eigenvalue weighted by Gasteiger charge is -2.35. The predicted molar refractivity (Wildman–Crippen MR) is 93.5 cm³/mol. The number of hydrogen-bond acceptors (Lipinski definition) is 2. The first-order chi connectivity index (χ1) is 10.7. The molecule has 0 aliphatic carbocycles. The van der Waals surface area contributed by atoms with Crippen LogP contribution in [0.4, 0.5) is 0 Å². The van der Waals surface area contributed by atoms with Gasteiger partial charge in [0.05, 0.1) is 0 Å². The summed E-state index contributed by atoms with van der Waals surface area (Å²) in [5, 5.41) is 8.15. The molecule has 2 N–H and O–H groups in total. The van der Waals surface area contributed by atoms with Gasteiger partial charge in [0.25, 0.3) is 0 Å². The van der Waals surface area contributed by atoms with Gasteiger partial charge in [-0.05, 0) is 43.1 Å². The SMILES string of the molecule is CC(N[C@H]1CCNC[C@H]1c1cccc(Cl)c1)c1ccccc1. The number of nitrogens with one attached hydrogen (secondary N) is 2. The van der Waals surface area contributed by atoms with Crippen molar-refractivity contribution in [3.8, 4) is 0 Å². The largest absolute Gasteiger partial charge is 0.316 e. The van der Waals surface area contributed by atoms with Crippen molar-refractivity contribution in [2.75, 3.05) is 13.1 Å². The Morgan fingerprint density at radius 3 is 2.73 bits per heavy atom. The Morgan fingerprint density at radius 1 is 1.14 bits per heavy atom. The highest BCUT2D eigenvalue weighted by Crippen LogP contribution is 2.28. The van der Waals surface area contributed by atoms with Gasteiger partial charge in [0.15, 0.2) is 0 Å². The molecule has 0 amide bonds. The minimum absolute atomic E-state index is 0.353. The van der Waals surface area contributed by atoms with Crippen LogP contribution >= 0.6 is 11.6 Å². The average Bonchev–Trinajstić information content (AvgIpc) is 2.56. The van der Waals surface area contributed by atoms with E-state index in [1.807, 2.05) is 12.1 Å². The molecule has 0 bridgehead atoms. The third kappa shape index (κ3) is 3.70. The monoisotopic (exact) mass is 314 g/mol. The minimum Gasteiger partial charge on any atom is -0.316 e. The van der Waals surface area contributed by atoms with Crippen LogP contribution in [-0.2, 0) is 0 Å². The molecule has 116 valence electrons. The normalized spacial score (nSPS) is 23.2. The lowest BCUT2D eigenvalue weighted by Crippen LogP contribution is -2.46. The van der Waals surface area contributed by atoms with Crippen molar-refractivity contribution in [2.24, 2.45) is 0 Å². The molecule has 3 atom stereocenters. The quantitative estimate of drug-likeness (QED) is 0.886. The molecule has 1 saturated heterocycles. The summed E-state index contributed by atoms with van der Waals surface area (Å²) in [4.78, 5) is 0. The van der Waals surface area contributed by atoms with E-state index in [9.17, 15) is 0 Å². The molecule has 2 aromatic carbocycles. The summed E-state index contributed by atoms with van der Waals surface area (Å²) >= 11 is 6.17. The van der Waals surface area contributed by atoms with E-state index in [0.717, 1.165) is 24.5 Å². The Morgan fingerprint density at radius 2 is 1.95 bits per heavy atom. The first-order valence-corrected chi connectivity index (χ1v) is 8.39. The molecule has 3 heteroatoms. The molecule has 0 spiro atoms. The van der Waals surface area contributed by atoms with Crippen molar-refractivity contribution in [3.63, 3.8) is 0 Å². The van der Waals surface area contributed by atoms with E-state index in [4.69, 9.17) is 11.6 Å². The zero-order chi connectivity index (χ0) is 15.4. The molecule has 1 fully saturated rings. The van der Waals surface area contributed by atoms with E-state index in [0.29, 0.717) is 18.0 Å². The summed E-state index contributed by atoms with van der Waals surface area (Å²) in [5.74, 6) is 0.457. The van der Waals surface area contributed by atoms with Crippen molar-refractivity contribution in [1.29, 1.82) is 0 Å². The van der Waals surface area contributed by atoms with Gasteiger partial charge < -0.3 is 10.6 Å². The van der Waals surface area contributed by atoms with Crippen LogP contribution in [0.1, 0.15) is 36.4 Å². The summed E-state index contributed by atoms with van der Waals surface area (Å²) in [7, 11) is 0. The molecule has 22 heavy (non-hydrogen) atoms. The van der Waals surface area contributed by atoms with E-state index in [1.54, 1.807) is 0 Å². The fourth-order valence-corrected chi connectivity index (χ4v) is 3.50. The molecule has 1 heterocycles. The van der Waals surface area contributed by atoms with Gasteiger partial charge in [-0.1, -0.05) is 54.1 Å². The number of halogens is 1. The maximum absolute atomic E-state index is 6.17. The predicted octanol–water partition coefficient (Wildman–Crippen LogP) is 4.14. The zero-order valence-corrected chi connectivity index (χ0v) is 13.7. The molecule has 0 radical (unpaired) electrons. The van der Waals surface area contributed by atoms with Gasteiger partial charge >= 0.3 is 0 Å². The van der Waals surface area contributed by atoms with Gasteiger partial charge in [-0.2, -0.15) is 0 Å². The fourth-order valence-electron chi connectivity index (χ4n) is 3.30. The second kappa shape index (κ2) is 7.28. The van der Waals surface area contributed by atoms with Crippen LogP contribution < -0.4 is 10.6 Å². The smallest absolute Gasteiger partial charge is 0.0408 e. The van der Waals surface area contributed by atoms with Crippen molar-refractivity contribution >= 4 is 11.6 Å². The highest BCUT2D eigenvalue weighted by molar-refractivity contribution is 6.30. The van der Waals surface area contributed by atoms with Gasteiger partial charge in [-0.25, -0.2) is 0 Å². The first kappa shape index (κ1) is 15.5. The molecular weight excluding hydrogens is 292 g/mol. The Kier molecular flexibility index (Phi) is 5.14. The second-order valence-electron chi connectivity index (χ2n) is 6.06. The topological polar surface area (TPSA) is 24.1 Å². The van der Waals surface area contributed by atoms with E-state index < -0.39 is 0 Å². The highest BCUT2D eigenvalue weighted by Gasteiger charge is 2.27. The van der Waals surface area contributed by atoms with E-state index in [2.05, 4.69) is 60.0 Å². The molecular formula is C19H23ClN2. The van der Waals surface area contributed by atoms with Crippen LogP contribution in [0.5, 0.6) is 0 Å². The van der Waals surface area contributed by atoms with E-state index in [-0.39, 0.29) is 0 Å². The molecule has 2 nitrogen and oxygen atoms in total. The standard InChI is InChI=1S/C19H23ClN2/c1-14(15-6-3-2-4-7-15)22-19-10-11-21-13-18(19)16-8-5-9-17(20)12-16/h2-9,12,14,18-19,21-22H,10-11,13H2,1H3/t14?,18-,19-/m0/s1. The third-order valence-corrected chi connectivity index (χ3v) is 4.76. The van der Waals surface area contributed by atoms with Crippen molar-refractivity contribution in [1.82, 2.24) is 10.6 Å². The number of hydrogen-bond donors (Lipinski definition) is 2. The Labute approximate surface area is 137 Å². The molecule has 1 unspecified atom stereocenters. The Bertz CT molecular complexity index is 599. The fraction of sp³-hybridized carbons (Fsp3) is 0.368. The summed E-state index contributed by atoms with van der Waals surface area (Å²) < 4.78 is 0. The van der Waals surface area contributed by atoms with Crippen LogP contribution in [0.2, 0.25) is 5.02 Å².